The SMILES string of the molecule is COCCOc1cc2c(cc1Cl)-c1c(cc(C(=O)O)c(=O)n1C1CC1)C(C)S2(=O)=O. The fourth-order valence-corrected chi connectivity index (χ4v) is 5.59. The summed E-state index contributed by atoms with van der Waals surface area (Å²) < 4.78 is 38.4. The third kappa shape index (κ3) is 3.21. The molecule has 0 bridgehead atoms. The van der Waals surface area contributed by atoms with Crippen LogP contribution >= 0.6 is 11.6 Å². The van der Waals surface area contributed by atoms with Crippen molar-refractivity contribution >= 4 is 27.4 Å². The van der Waals surface area contributed by atoms with Crippen molar-refractivity contribution in [2.45, 2.75) is 36.0 Å². The number of rotatable bonds is 6. The van der Waals surface area contributed by atoms with Crippen molar-refractivity contribution in [2.75, 3.05) is 20.3 Å². The maximum Gasteiger partial charge on any atom is 0.341 e. The maximum absolute atomic E-state index is 13.3. The number of halogens is 1. The molecule has 0 saturated heterocycles. The zero-order valence-corrected chi connectivity index (χ0v) is 17.9. The molecule has 0 amide bonds. The number of aromatic carboxylic acids is 1. The highest BCUT2D eigenvalue weighted by atomic mass is 35.5. The van der Waals surface area contributed by atoms with Crippen molar-refractivity contribution < 1.29 is 27.8 Å². The van der Waals surface area contributed by atoms with Gasteiger partial charge in [-0.2, -0.15) is 0 Å². The molecule has 8 nitrogen and oxygen atoms in total. The molecule has 2 aliphatic rings. The number of carboxylic acids is 1. The van der Waals surface area contributed by atoms with Crippen LogP contribution in [0, 0.1) is 0 Å². The minimum atomic E-state index is -3.86. The molecule has 160 valence electrons. The number of pyridine rings is 1. The number of methoxy groups -OCH3 is 1. The van der Waals surface area contributed by atoms with Crippen LogP contribution in [0.1, 0.15) is 47.0 Å². The molecule has 30 heavy (non-hydrogen) atoms. The second-order valence-electron chi connectivity index (χ2n) is 7.38. The largest absolute Gasteiger partial charge is 0.490 e. The summed E-state index contributed by atoms with van der Waals surface area (Å²) in [5.41, 5.74) is -0.0895. The highest BCUT2D eigenvalue weighted by Crippen LogP contribution is 2.49. The fourth-order valence-electron chi connectivity index (χ4n) is 3.74. The summed E-state index contributed by atoms with van der Waals surface area (Å²) in [6.07, 6.45) is 1.44. The van der Waals surface area contributed by atoms with Crippen molar-refractivity contribution in [1.82, 2.24) is 4.57 Å². The second-order valence-corrected chi connectivity index (χ2v) is 10.0. The number of sulfone groups is 1. The molecule has 1 unspecified atom stereocenters. The Morgan fingerprint density at radius 3 is 2.57 bits per heavy atom. The molecule has 1 atom stereocenters. The smallest absolute Gasteiger partial charge is 0.341 e. The van der Waals surface area contributed by atoms with E-state index in [1.165, 1.54) is 36.8 Å². The van der Waals surface area contributed by atoms with Gasteiger partial charge in [-0.25, -0.2) is 13.2 Å². The minimum absolute atomic E-state index is 0.0104. The van der Waals surface area contributed by atoms with Gasteiger partial charge in [0.05, 0.1) is 27.5 Å². The monoisotopic (exact) mass is 453 g/mol. The molecule has 1 saturated carbocycles. The molecular weight excluding hydrogens is 434 g/mol. The lowest BCUT2D eigenvalue weighted by Gasteiger charge is -2.29. The highest BCUT2D eigenvalue weighted by molar-refractivity contribution is 7.92. The molecule has 1 aromatic carbocycles. The summed E-state index contributed by atoms with van der Waals surface area (Å²) in [5.74, 6) is -1.18. The summed E-state index contributed by atoms with van der Waals surface area (Å²) >= 11 is 6.36. The standard InChI is InChI=1S/C20H20ClNO7S/c1-10-12-7-14(20(24)25)19(23)22(11-3-4-11)18(12)13-8-15(21)16(29-6-5-28-2)9-17(13)30(10,26)27/h7-11H,3-6H2,1-2H3,(H,24,25). The summed E-state index contributed by atoms with van der Waals surface area (Å²) in [4.78, 5) is 24.6. The molecule has 2 heterocycles. The predicted molar refractivity (Wildman–Crippen MR) is 109 cm³/mol. The van der Waals surface area contributed by atoms with E-state index < -0.39 is 32.2 Å². The average molecular weight is 454 g/mol. The quantitative estimate of drug-likeness (QED) is 0.669. The highest BCUT2D eigenvalue weighted by Gasteiger charge is 2.41. The Morgan fingerprint density at radius 1 is 1.27 bits per heavy atom. The molecule has 1 aliphatic heterocycles. The van der Waals surface area contributed by atoms with E-state index in [2.05, 4.69) is 0 Å². The molecule has 1 N–H and O–H groups in total. The fraction of sp³-hybridized carbons (Fsp3) is 0.400. The van der Waals surface area contributed by atoms with E-state index in [0.29, 0.717) is 12.3 Å². The summed E-state index contributed by atoms with van der Waals surface area (Å²) in [5, 5.41) is 8.64. The summed E-state index contributed by atoms with van der Waals surface area (Å²) in [6.45, 7) is 1.99. The second kappa shape index (κ2) is 7.40. The van der Waals surface area contributed by atoms with Gasteiger partial charge >= 0.3 is 5.97 Å². The van der Waals surface area contributed by atoms with Crippen molar-refractivity contribution in [3.05, 3.63) is 44.7 Å². The Balaban J connectivity index is 2.02. The Bertz CT molecular complexity index is 1210. The number of benzene rings is 1. The van der Waals surface area contributed by atoms with Crippen LogP contribution in [0.15, 0.2) is 27.9 Å². The molecule has 0 spiro atoms. The number of aromatic nitrogens is 1. The summed E-state index contributed by atoms with van der Waals surface area (Å²) in [6, 6.07) is 3.86. The van der Waals surface area contributed by atoms with Gasteiger partial charge in [-0.15, -0.1) is 0 Å². The Labute approximate surface area is 177 Å². The first-order chi connectivity index (χ1) is 14.2. The molecule has 10 heteroatoms. The van der Waals surface area contributed by atoms with Crippen LogP contribution in [0.4, 0.5) is 0 Å². The van der Waals surface area contributed by atoms with Crippen molar-refractivity contribution in [1.29, 1.82) is 0 Å². The van der Waals surface area contributed by atoms with Crippen LogP contribution in [0.25, 0.3) is 11.3 Å². The Morgan fingerprint density at radius 2 is 1.97 bits per heavy atom. The number of hydrogen-bond acceptors (Lipinski definition) is 6. The number of carboxylic acid groups (broad SMARTS) is 1. The lowest BCUT2D eigenvalue weighted by atomic mass is 9.99. The van der Waals surface area contributed by atoms with Crippen LogP contribution in [0.2, 0.25) is 5.02 Å². The van der Waals surface area contributed by atoms with Crippen LogP contribution in [0.5, 0.6) is 5.75 Å². The maximum atomic E-state index is 13.3. The minimum Gasteiger partial charge on any atom is -0.490 e. The number of hydrogen-bond donors (Lipinski definition) is 1. The van der Waals surface area contributed by atoms with E-state index >= 15 is 0 Å². The third-order valence-electron chi connectivity index (χ3n) is 5.45. The lowest BCUT2D eigenvalue weighted by molar-refractivity contribution is 0.0694. The molecule has 1 fully saturated rings. The average Bonchev–Trinajstić information content (AvgIpc) is 3.51. The Kier molecular flexibility index (Phi) is 5.16. The first-order valence-electron chi connectivity index (χ1n) is 9.40. The number of nitrogens with zero attached hydrogens (tertiary/aromatic N) is 1. The van der Waals surface area contributed by atoms with Crippen LogP contribution in [-0.2, 0) is 14.6 Å². The topological polar surface area (TPSA) is 112 Å². The van der Waals surface area contributed by atoms with Crippen LogP contribution < -0.4 is 10.3 Å². The van der Waals surface area contributed by atoms with Gasteiger partial charge in [0.25, 0.3) is 5.56 Å². The normalized spacial score (nSPS) is 19.1. The zero-order chi connectivity index (χ0) is 21.8. The van der Waals surface area contributed by atoms with E-state index in [4.69, 9.17) is 21.1 Å². The molecule has 1 aromatic heterocycles. The van der Waals surface area contributed by atoms with Gasteiger partial charge in [0.2, 0.25) is 0 Å². The van der Waals surface area contributed by atoms with Crippen molar-refractivity contribution in [3.63, 3.8) is 0 Å². The van der Waals surface area contributed by atoms with Gasteiger partial charge in [-0.3, -0.25) is 4.79 Å². The van der Waals surface area contributed by atoms with E-state index in [9.17, 15) is 23.1 Å². The molecule has 4 rings (SSSR count). The van der Waals surface area contributed by atoms with Crippen molar-refractivity contribution in [3.8, 4) is 17.0 Å². The van der Waals surface area contributed by atoms with Gasteiger partial charge in [-0.05, 0) is 37.5 Å². The number of ether oxygens (including phenoxy) is 2. The number of fused-ring (bicyclic) bond motifs is 3. The van der Waals surface area contributed by atoms with Crippen molar-refractivity contribution in [2.24, 2.45) is 0 Å². The zero-order valence-electron chi connectivity index (χ0n) is 16.3. The van der Waals surface area contributed by atoms with E-state index in [-0.39, 0.29) is 39.4 Å². The van der Waals surface area contributed by atoms with Gasteiger partial charge in [0.15, 0.2) is 9.84 Å². The number of carbonyl (C=O) groups is 1. The van der Waals surface area contributed by atoms with E-state index in [1.807, 2.05) is 0 Å². The summed E-state index contributed by atoms with van der Waals surface area (Å²) in [7, 11) is -2.34. The molecule has 2 aromatic rings. The van der Waals surface area contributed by atoms with Gasteiger partial charge in [0, 0.05) is 24.8 Å². The van der Waals surface area contributed by atoms with Crippen LogP contribution in [0.3, 0.4) is 0 Å². The van der Waals surface area contributed by atoms with E-state index in [0.717, 1.165) is 12.8 Å². The van der Waals surface area contributed by atoms with Gasteiger partial charge < -0.3 is 19.1 Å². The first-order valence-corrected chi connectivity index (χ1v) is 11.3. The van der Waals surface area contributed by atoms with Crippen LogP contribution in [-0.4, -0.2) is 44.4 Å². The first kappa shape index (κ1) is 20.9. The molecule has 1 aliphatic carbocycles. The van der Waals surface area contributed by atoms with E-state index in [1.54, 1.807) is 0 Å². The predicted octanol–water partition coefficient (Wildman–Crippen LogP) is 3.08. The van der Waals surface area contributed by atoms with Gasteiger partial charge in [-0.1, -0.05) is 11.6 Å². The Hall–Kier alpha value is -2.36. The molecule has 0 radical (unpaired) electrons. The third-order valence-corrected chi connectivity index (χ3v) is 7.88. The lowest BCUT2D eigenvalue weighted by Crippen LogP contribution is -2.31. The van der Waals surface area contributed by atoms with Gasteiger partial charge in [0.1, 0.15) is 17.9 Å². The molecular formula is C20H20ClNO7S.